The number of halogens is 2. The quantitative estimate of drug-likeness (QED) is 0.487. The summed E-state index contributed by atoms with van der Waals surface area (Å²) >= 11 is 0. The van der Waals surface area contributed by atoms with Gasteiger partial charge in [0.2, 0.25) is 11.8 Å². The van der Waals surface area contributed by atoms with Gasteiger partial charge >= 0.3 is 0 Å². The summed E-state index contributed by atoms with van der Waals surface area (Å²) in [4.78, 5) is 26.9. The molecule has 35 heavy (non-hydrogen) atoms. The summed E-state index contributed by atoms with van der Waals surface area (Å²) in [5, 5.41) is 2.48. The molecule has 0 aliphatic carbocycles. The van der Waals surface area contributed by atoms with Gasteiger partial charge in [0.1, 0.15) is 24.2 Å². The van der Waals surface area contributed by atoms with Gasteiger partial charge in [-0.1, -0.05) is 30.3 Å². The first-order valence-electron chi connectivity index (χ1n) is 10.7. The lowest BCUT2D eigenvalue weighted by molar-refractivity contribution is -0.139. The number of likely N-dealkylation sites (N-methyl/N-ethyl adjacent to an activating group) is 1. The Morgan fingerprint density at radius 3 is 1.97 bits per heavy atom. The fraction of sp³-hybridized carbons (Fsp3) is 0.200. The summed E-state index contributed by atoms with van der Waals surface area (Å²) < 4.78 is 54.6. The van der Waals surface area contributed by atoms with E-state index in [9.17, 15) is 26.8 Å². The third kappa shape index (κ3) is 6.21. The molecule has 0 aliphatic heterocycles. The molecule has 1 atom stereocenters. The number of nitrogens with one attached hydrogen (secondary N) is 1. The van der Waals surface area contributed by atoms with E-state index in [0.717, 1.165) is 28.6 Å². The predicted octanol–water partition coefficient (Wildman–Crippen LogP) is 3.32. The second kappa shape index (κ2) is 11.1. The number of sulfonamides is 1. The van der Waals surface area contributed by atoms with Gasteiger partial charge in [0.25, 0.3) is 10.0 Å². The Kier molecular flexibility index (Phi) is 8.18. The van der Waals surface area contributed by atoms with E-state index in [-0.39, 0.29) is 17.1 Å². The fourth-order valence-electron chi connectivity index (χ4n) is 3.43. The fourth-order valence-corrected chi connectivity index (χ4v) is 4.85. The Hall–Kier alpha value is -3.79. The number of anilines is 1. The van der Waals surface area contributed by atoms with E-state index in [1.807, 2.05) is 0 Å². The molecule has 7 nitrogen and oxygen atoms in total. The molecule has 1 unspecified atom stereocenters. The van der Waals surface area contributed by atoms with Gasteiger partial charge in [-0.25, -0.2) is 17.2 Å². The first-order valence-corrected chi connectivity index (χ1v) is 12.2. The molecule has 0 radical (unpaired) electrons. The van der Waals surface area contributed by atoms with E-state index in [4.69, 9.17) is 0 Å². The van der Waals surface area contributed by atoms with Crippen molar-refractivity contribution in [1.82, 2.24) is 10.2 Å². The second-order valence-corrected chi connectivity index (χ2v) is 9.60. The summed E-state index contributed by atoms with van der Waals surface area (Å²) in [5.74, 6) is -2.16. The van der Waals surface area contributed by atoms with Crippen molar-refractivity contribution in [1.29, 1.82) is 0 Å². The molecule has 0 aliphatic rings. The predicted molar refractivity (Wildman–Crippen MR) is 128 cm³/mol. The van der Waals surface area contributed by atoms with Gasteiger partial charge in [0.05, 0.1) is 10.6 Å². The van der Waals surface area contributed by atoms with Crippen LogP contribution in [-0.4, -0.2) is 44.8 Å². The van der Waals surface area contributed by atoms with E-state index < -0.39 is 46.1 Å². The number of benzene rings is 3. The van der Waals surface area contributed by atoms with Gasteiger partial charge in [-0.2, -0.15) is 0 Å². The molecule has 3 rings (SSSR count). The molecule has 0 heterocycles. The van der Waals surface area contributed by atoms with Crippen molar-refractivity contribution in [2.24, 2.45) is 0 Å². The van der Waals surface area contributed by atoms with Crippen molar-refractivity contribution >= 4 is 27.5 Å². The minimum absolute atomic E-state index is 0.0487. The van der Waals surface area contributed by atoms with Crippen molar-refractivity contribution in [3.63, 3.8) is 0 Å². The SMILES string of the molecule is CNC(=O)C(C)N(Cc1ccc(F)cc1)C(=O)CN(c1ccccc1)S(=O)(=O)c1ccc(F)cc1. The van der Waals surface area contributed by atoms with E-state index in [1.54, 1.807) is 18.2 Å². The van der Waals surface area contributed by atoms with Crippen LogP contribution < -0.4 is 9.62 Å². The monoisotopic (exact) mass is 501 g/mol. The van der Waals surface area contributed by atoms with E-state index in [1.165, 1.54) is 55.3 Å². The highest BCUT2D eigenvalue weighted by Gasteiger charge is 2.32. The van der Waals surface area contributed by atoms with Gasteiger partial charge < -0.3 is 10.2 Å². The lowest BCUT2D eigenvalue weighted by Crippen LogP contribution is -2.50. The van der Waals surface area contributed by atoms with E-state index in [0.29, 0.717) is 5.56 Å². The van der Waals surface area contributed by atoms with Crippen LogP contribution in [0.2, 0.25) is 0 Å². The zero-order valence-electron chi connectivity index (χ0n) is 19.2. The molecule has 2 amide bonds. The van der Waals surface area contributed by atoms with Crippen molar-refractivity contribution in [3.8, 4) is 0 Å². The molecule has 10 heteroatoms. The zero-order chi connectivity index (χ0) is 25.6. The van der Waals surface area contributed by atoms with Crippen molar-refractivity contribution < 1.29 is 26.8 Å². The molecule has 3 aromatic rings. The van der Waals surface area contributed by atoms with Crippen LogP contribution in [0.1, 0.15) is 12.5 Å². The average molecular weight is 502 g/mol. The standard InChI is InChI=1S/C25H25F2N3O4S/c1-18(25(32)28-2)29(16-19-8-10-20(26)11-9-19)24(31)17-30(22-6-4-3-5-7-22)35(33,34)23-14-12-21(27)13-15-23/h3-15,18H,16-17H2,1-2H3,(H,28,32). The van der Waals surface area contributed by atoms with Gasteiger partial charge in [-0.3, -0.25) is 13.9 Å². The minimum atomic E-state index is -4.26. The Balaban J connectivity index is 1.99. The molecule has 0 spiro atoms. The molecule has 3 aromatic carbocycles. The number of para-hydroxylation sites is 1. The van der Waals surface area contributed by atoms with Crippen LogP contribution in [0.4, 0.5) is 14.5 Å². The molecule has 0 fully saturated rings. The maximum absolute atomic E-state index is 13.5. The van der Waals surface area contributed by atoms with E-state index >= 15 is 0 Å². The summed E-state index contributed by atoms with van der Waals surface area (Å²) in [6, 6.07) is 16.8. The second-order valence-electron chi connectivity index (χ2n) is 7.74. The molecular formula is C25H25F2N3O4S. The molecule has 0 bridgehead atoms. The Bertz CT molecular complexity index is 1270. The average Bonchev–Trinajstić information content (AvgIpc) is 2.86. The number of hydrogen-bond acceptors (Lipinski definition) is 4. The number of amides is 2. The van der Waals surface area contributed by atoms with Crippen LogP contribution in [0.25, 0.3) is 0 Å². The Morgan fingerprint density at radius 2 is 1.43 bits per heavy atom. The van der Waals surface area contributed by atoms with Gasteiger partial charge in [-0.15, -0.1) is 0 Å². The smallest absolute Gasteiger partial charge is 0.264 e. The van der Waals surface area contributed by atoms with Crippen LogP contribution in [0.5, 0.6) is 0 Å². The highest BCUT2D eigenvalue weighted by Crippen LogP contribution is 2.24. The molecule has 0 aromatic heterocycles. The highest BCUT2D eigenvalue weighted by molar-refractivity contribution is 7.92. The maximum atomic E-state index is 13.5. The van der Waals surface area contributed by atoms with Gasteiger partial charge in [0, 0.05) is 13.6 Å². The maximum Gasteiger partial charge on any atom is 0.264 e. The largest absolute Gasteiger partial charge is 0.357 e. The molecule has 0 saturated heterocycles. The Morgan fingerprint density at radius 1 is 0.886 bits per heavy atom. The highest BCUT2D eigenvalue weighted by atomic mass is 32.2. The first kappa shape index (κ1) is 25.8. The summed E-state index contributed by atoms with van der Waals surface area (Å²) in [6.07, 6.45) is 0. The summed E-state index contributed by atoms with van der Waals surface area (Å²) in [7, 11) is -2.84. The minimum Gasteiger partial charge on any atom is -0.357 e. The normalized spacial score (nSPS) is 12.0. The number of nitrogens with zero attached hydrogens (tertiary/aromatic N) is 2. The van der Waals surface area contributed by atoms with Crippen LogP contribution >= 0.6 is 0 Å². The molecule has 1 N–H and O–H groups in total. The lowest BCUT2D eigenvalue weighted by Gasteiger charge is -2.31. The lowest BCUT2D eigenvalue weighted by atomic mass is 10.1. The number of hydrogen-bond donors (Lipinski definition) is 1. The van der Waals surface area contributed by atoms with Gasteiger partial charge in [0.15, 0.2) is 0 Å². The number of carbonyl (C=O) groups excluding carboxylic acids is 2. The van der Waals surface area contributed by atoms with Crippen molar-refractivity contribution in [3.05, 3.63) is 96.1 Å². The van der Waals surface area contributed by atoms with Crippen molar-refractivity contribution in [2.75, 3.05) is 17.9 Å². The van der Waals surface area contributed by atoms with Crippen LogP contribution in [0.15, 0.2) is 83.8 Å². The van der Waals surface area contributed by atoms with Gasteiger partial charge in [-0.05, 0) is 61.0 Å². The Labute approximate surface area is 203 Å². The van der Waals surface area contributed by atoms with Crippen LogP contribution in [0, 0.1) is 11.6 Å². The van der Waals surface area contributed by atoms with Crippen molar-refractivity contribution in [2.45, 2.75) is 24.4 Å². The molecule has 184 valence electrons. The zero-order valence-corrected chi connectivity index (χ0v) is 20.0. The number of carbonyl (C=O) groups is 2. The van der Waals surface area contributed by atoms with Crippen LogP contribution in [-0.2, 0) is 26.2 Å². The molecular weight excluding hydrogens is 476 g/mol. The molecule has 0 saturated carbocycles. The summed E-state index contributed by atoms with van der Waals surface area (Å²) in [6.45, 7) is 0.848. The third-order valence-corrected chi connectivity index (χ3v) is 7.19. The van der Waals surface area contributed by atoms with E-state index in [2.05, 4.69) is 5.32 Å². The first-order chi connectivity index (χ1) is 16.6. The summed E-state index contributed by atoms with van der Waals surface area (Å²) in [5.41, 5.74) is 0.780. The van der Waals surface area contributed by atoms with Crippen LogP contribution in [0.3, 0.4) is 0 Å². The number of rotatable bonds is 9. The third-order valence-electron chi connectivity index (χ3n) is 5.40. The topological polar surface area (TPSA) is 86.8 Å².